The molecule has 0 bridgehead atoms. The van der Waals surface area contributed by atoms with Gasteiger partial charge in [0.15, 0.2) is 0 Å². The molecule has 1 fully saturated rings. The summed E-state index contributed by atoms with van der Waals surface area (Å²) in [5.74, 6) is 0.139. The van der Waals surface area contributed by atoms with Gasteiger partial charge in [-0.1, -0.05) is 0 Å². The monoisotopic (exact) mass is 213 g/mol. The number of rotatable bonds is 5. The molecular weight excluding hydrogens is 194 g/mol. The molecule has 0 radical (unpaired) electrons. The summed E-state index contributed by atoms with van der Waals surface area (Å²) in [6, 6.07) is 0. The van der Waals surface area contributed by atoms with Gasteiger partial charge in [0.2, 0.25) is 11.8 Å². The predicted molar refractivity (Wildman–Crippen MR) is 57.4 cm³/mol. The van der Waals surface area contributed by atoms with Crippen molar-refractivity contribution in [2.75, 3.05) is 33.2 Å². The summed E-state index contributed by atoms with van der Waals surface area (Å²) in [4.78, 5) is 24.3. The number of hydrogen-bond acceptors (Lipinski definition) is 3. The zero-order valence-electron chi connectivity index (χ0n) is 9.21. The molecule has 0 aliphatic carbocycles. The molecule has 1 heterocycles. The van der Waals surface area contributed by atoms with Gasteiger partial charge >= 0.3 is 0 Å². The Morgan fingerprint density at radius 3 is 2.53 bits per heavy atom. The van der Waals surface area contributed by atoms with E-state index in [9.17, 15) is 9.59 Å². The predicted octanol–water partition coefficient (Wildman–Crippen LogP) is -0.665. The summed E-state index contributed by atoms with van der Waals surface area (Å²) in [5, 5.41) is 5.44. The molecule has 1 aliphatic rings. The Labute approximate surface area is 90.2 Å². The van der Waals surface area contributed by atoms with Crippen LogP contribution in [0.5, 0.6) is 0 Å². The fraction of sp³-hybridized carbons (Fsp3) is 0.800. The molecule has 1 aliphatic heterocycles. The van der Waals surface area contributed by atoms with Gasteiger partial charge in [-0.2, -0.15) is 0 Å². The van der Waals surface area contributed by atoms with Crippen molar-refractivity contribution in [1.29, 1.82) is 0 Å². The Morgan fingerprint density at radius 2 is 1.93 bits per heavy atom. The molecule has 1 saturated heterocycles. The van der Waals surface area contributed by atoms with Gasteiger partial charge in [-0.15, -0.1) is 0 Å². The highest BCUT2D eigenvalue weighted by Gasteiger charge is 2.16. The lowest BCUT2D eigenvalue weighted by molar-refractivity contribution is -0.130. The second-order valence-corrected chi connectivity index (χ2v) is 3.69. The molecule has 5 nitrogen and oxygen atoms in total. The van der Waals surface area contributed by atoms with E-state index < -0.39 is 0 Å². The van der Waals surface area contributed by atoms with Crippen molar-refractivity contribution in [3.05, 3.63) is 0 Å². The van der Waals surface area contributed by atoms with E-state index in [1.165, 1.54) is 0 Å². The number of hydrogen-bond donors (Lipinski definition) is 2. The lowest BCUT2D eigenvalue weighted by Crippen LogP contribution is -2.35. The zero-order chi connectivity index (χ0) is 11.1. The third kappa shape index (κ3) is 4.29. The van der Waals surface area contributed by atoms with Gasteiger partial charge < -0.3 is 15.5 Å². The van der Waals surface area contributed by atoms with Crippen LogP contribution in [-0.4, -0.2) is 49.9 Å². The quantitative estimate of drug-likeness (QED) is 0.596. The molecule has 0 saturated carbocycles. The van der Waals surface area contributed by atoms with Crippen molar-refractivity contribution in [2.45, 2.75) is 19.3 Å². The molecule has 1 rings (SSSR count). The number of likely N-dealkylation sites (N-methyl/N-ethyl adjacent to an activating group) is 1. The first-order valence-corrected chi connectivity index (χ1v) is 5.43. The standard InChI is InChI=1S/C10H19N3O2/c1-11-9(14)8-12-5-4-10(15)13-6-2-3-7-13/h12H,2-8H2,1H3,(H,11,14). The van der Waals surface area contributed by atoms with Crippen LogP contribution in [0.1, 0.15) is 19.3 Å². The summed E-state index contributed by atoms with van der Waals surface area (Å²) >= 11 is 0. The number of carbonyl (C=O) groups excluding carboxylic acids is 2. The van der Waals surface area contributed by atoms with Crippen molar-refractivity contribution in [3.63, 3.8) is 0 Å². The topological polar surface area (TPSA) is 61.4 Å². The minimum absolute atomic E-state index is 0.0522. The molecule has 0 unspecified atom stereocenters. The highest BCUT2D eigenvalue weighted by atomic mass is 16.2. The Balaban J connectivity index is 2.04. The summed E-state index contributed by atoms with van der Waals surface area (Å²) in [6.07, 6.45) is 2.73. The molecule has 5 heteroatoms. The first kappa shape index (κ1) is 12.0. The fourth-order valence-electron chi connectivity index (χ4n) is 1.61. The second-order valence-electron chi connectivity index (χ2n) is 3.69. The van der Waals surface area contributed by atoms with Crippen molar-refractivity contribution >= 4 is 11.8 Å². The van der Waals surface area contributed by atoms with Crippen molar-refractivity contribution in [3.8, 4) is 0 Å². The summed E-state index contributed by atoms with van der Waals surface area (Å²) in [5.41, 5.74) is 0. The van der Waals surface area contributed by atoms with E-state index in [-0.39, 0.29) is 18.4 Å². The normalized spacial score (nSPS) is 15.4. The maximum Gasteiger partial charge on any atom is 0.233 e. The first-order valence-electron chi connectivity index (χ1n) is 5.43. The van der Waals surface area contributed by atoms with Crippen LogP contribution in [-0.2, 0) is 9.59 Å². The van der Waals surface area contributed by atoms with Gasteiger partial charge in [-0.3, -0.25) is 9.59 Å². The van der Waals surface area contributed by atoms with E-state index in [1.54, 1.807) is 7.05 Å². The number of nitrogens with zero attached hydrogens (tertiary/aromatic N) is 1. The molecule has 86 valence electrons. The van der Waals surface area contributed by atoms with E-state index in [1.807, 2.05) is 4.90 Å². The highest BCUT2D eigenvalue weighted by molar-refractivity contribution is 5.78. The average molecular weight is 213 g/mol. The first-order chi connectivity index (χ1) is 7.24. The molecule has 0 aromatic heterocycles. The maximum atomic E-state index is 11.5. The summed E-state index contributed by atoms with van der Waals surface area (Å²) < 4.78 is 0. The van der Waals surface area contributed by atoms with Gasteiger partial charge in [0.25, 0.3) is 0 Å². The number of likely N-dealkylation sites (tertiary alicyclic amines) is 1. The van der Waals surface area contributed by atoms with Gasteiger partial charge in [0.1, 0.15) is 0 Å². The van der Waals surface area contributed by atoms with E-state index in [2.05, 4.69) is 10.6 Å². The van der Waals surface area contributed by atoms with E-state index in [0.717, 1.165) is 25.9 Å². The second kappa shape index (κ2) is 6.40. The van der Waals surface area contributed by atoms with E-state index in [4.69, 9.17) is 0 Å². The molecule has 0 spiro atoms. The van der Waals surface area contributed by atoms with Gasteiger partial charge in [-0.25, -0.2) is 0 Å². The zero-order valence-corrected chi connectivity index (χ0v) is 9.21. The average Bonchev–Trinajstić information content (AvgIpc) is 2.77. The Hall–Kier alpha value is -1.10. The molecule has 2 amide bonds. The largest absolute Gasteiger partial charge is 0.358 e. The number of nitrogens with one attached hydrogen (secondary N) is 2. The van der Waals surface area contributed by atoms with Gasteiger partial charge in [-0.05, 0) is 12.8 Å². The van der Waals surface area contributed by atoms with Gasteiger partial charge in [0, 0.05) is 33.1 Å². The van der Waals surface area contributed by atoms with E-state index in [0.29, 0.717) is 13.0 Å². The fourth-order valence-corrected chi connectivity index (χ4v) is 1.61. The van der Waals surface area contributed by atoms with E-state index >= 15 is 0 Å². The summed E-state index contributed by atoms with van der Waals surface area (Å²) in [6.45, 7) is 2.65. The third-order valence-corrected chi connectivity index (χ3v) is 2.54. The van der Waals surface area contributed by atoms with Gasteiger partial charge in [0.05, 0.1) is 6.54 Å². The molecule has 0 atom stereocenters. The minimum Gasteiger partial charge on any atom is -0.358 e. The van der Waals surface area contributed by atoms with Crippen LogP contribution in [0, 0.1) is 0 Å². The SMILES string of the molecule is CNC(=O)CNCCC(=O)N1CCCC1. The van der Waals surface area contributed by atoms with Crippen LogP contribution < -0.4 is 10.6 Å². The lowest BCUT2D eigenvalue weighted by atomic mass is 10.3. The van der Waals surface area contributed by atoms with Crippen LogP contribution in [0.3, 0.4) is 0 Å². The molecule has 15 heavy (non-hydrogen) atoms. The molecular formula is C10H19N3O2. The molecule has 0 aromatic rings. The minimum atomic E-state index is -0.0522. The van der Waals surface area contributed by atoms with Crippen molar-refractivity contribution in [2.24, 2.45) is 0 Å². The lowest BCUT2D eigenvalue weighted by Gasteiger charge is -2.14. The summed E-state index contributed by atoms with van der Waals surface area (Å²) in [7, 11) is 1.60. The third-order valence-electron chi connectivity index (χ3n) is 2.54. The number of amides is 2. The number of carbonyl (C=O) groups is 2. The van der Waals surface area contributed by atoms with Crippen molar-refractivity contribution < 1.29 is 9.59 Å². The van der Waals surface area contributed by atoms with Crippen LogP contribution >= 0.6 is 0 Å². The highest BCUT2D eigenvalue weighted by Crippen LogP contribution is 2.08. The van der Waals surface area contributed by atoms with Crippen LogP contribution in [0.25, 0.3) is 0 Å². The van der Waals surface area contributed by atoms with Crippen LogP contribution in [0.4, 0.5) is 0 Å². The Bertz CT molecular complexity index is 225. The maximum absolute atomic E-state index is 11.5. The van der Waals surface area contributed by atoms with Crippen LogP contribution in [0.2, 0.25) is 0 Å². The Morgan fingerprint density at radius 1 is 1.27 bits per heavy atom. The Kier molecular flexibility index (Phi) is 5.10. The van der Waals surface area contributed by atoms with Crippen LogP contribution in [0.15, 0.2) is 0 Å². The van der Waals surface area contributed by atoms with Crippen molar-refractivity contribution in [1.82, 2.24) is 15.5 Å². The molecule has 2 N–H and O–H groups in total. The smallest absolute Gasteiger partial charge is 0.233 e. The molecule has 0 aromatic carbocycles.